The maximum Gasteiger partial charge on any atom is 0.244 e. The van der Waals surface area contributed by atoms with Crippen LogP contribution in [0.3, 0.4) is 0 Å². The maximum atomic E-state index is 11.8. The second-order valence-electron chi connectivity index (χ2n) is 5.04. The van der Waals surface area contributed by atoms with Gasteiger partial charge in [0.25, 0.3) is 0 Å². The lowest BCUT2D eigenvalue weighted by Gasteiger charge is -2.05. The van der Waals surface area contributed by atoms with Crippen molar-refractivity contribution in [3.05, 3.63) is 70.8 Å². The van der Waals surface area contributed by atoms with Crippen molar-refractivity contribution in [1.82, 2.24) is 5.32 Å². The lowest BCUT2D eigenvalue weighted by atomic mass is 10.2. The van der Waals surface area contributed by atoms with Crippen molar-refractivity contribution in [2.75, 3.05) is 19.4 Å². The minimum atomic E-state index is -0.0934. The first-order chi connectivity index (χ1) is 11.7. The third kappa shape index (κ3) is 6.30. The fraction of sp³-hybridized carbons (Fsp3) is 0.211. The molecule has 0 saturated carbocycles. The van der Waals surface area contributed by atoms with Crippen molar-refractivity contribution < 1.29 is 9.53 Å². The van der Waals surface area contributed by atoms with Crippen molar-refractivity contribution in [3.63, 3.8) is 0 Å². The number of carbonyl (C=O) groups excluding carboxylic acids is 1. The number of hydrogen-bond acceptors (Lipinski definition) is 3. The van der Waals surface area contributed by atoms with Crippen LogP contribution in [-0.2, 0) is 10.5 Å². The van der Waals surface area contributed by atoms with Gasteiger partial charge >= 0.3 is 0 Å². The van der Waals surface area contributed by atoms with Crippen LogP contribution >= 0.6 is 23.4 Å². The second kappa shape index (κ2) is 10.1. The van der Waals surface area contributed by atoms with Gasteiger partial charge in [0.15, 0.2) is 0 Å². The van der Waals surface area contributed by atoms with Gasteiger partial charge in [0.2, 0.25) is 5.91 Å². The summed E-state index contributed by atoms with van der Waals surface area (Å²) in [4.78, 5) is 11.8. The fourth-order valence-corrected chi connectivity index (χ4v) is 3.13. The Hall–Kier alpha value is -1.91. The van der Waals surface area contributed by atoms with Gasteiger partial charge < -0.3 is 10.1 Å². The zero-order valence-electron chi connectivity index (χ0n) is 13.5. The summed E-state index contributed by atoms with van der Waals surface area (Å²) >= 11 is 7.85. The molecule has 2 aromatic carbocycles. The van der Waals surface area contributed by atoms with Crippen LogP contribution in [0.15, 0.2) is 54.6 Å². The van der Waals surface area contributed by atoms with Crippen LogP contribution in [-0.4, -0.2) is 25.3 Å². The fourth-order valence-electron chi connectivity index (χ4n) is 1.99. The Morgan fingerprint density at radius 3 is 2.67 bits per heavy atom. The van der Waals surface area contributed by atoms with E-state index >= 15 is 0 Å². The Morgan fingerprint density at radius 1 is 1.21 bits per heavy atom. The smallest absolute Gasteiger partial charge is 0.244 e. The molecule has 0 spiro atoms. The molecule has 0 unspecified atom stereocenters. The molecule has 0 aliphatic heterocycles. The Balaban J connectivity index is 1.65. The van der Waals surface area contributed by atoms with Crippen LogP contribution in [0.4, 0.5) is 0 Å². The number of rotatable bonds is 8. The third-order valence-electron chi connectivity index (χ3n) is 3.30. The number of thioether (sulfide) groups is 1. The normalized spacial score (nSPS) is 10.8. The quantitative estimate of drug-likeness (QED) is 0.559. The largest absolute Gasteiger partial charge is 0.497 e. The van der Waals surface area contributed by atoms with Gasteiger partial charge in [-0.15, -0.1) is 0 Å². The van der Waals surface area contributed by atoms with E-state index in [9.17, 15) is 4.79 Å². The Kier molecular flexibility index (Phi) is 7.72. The summed E-state index contributed by atoms with van der Waals surface area (Å²) in [5, 5.41) is 3.66. The van der Waals surface area contributed by atoms with Gasteiger partial charge in [0, 0.05) is 29.1 Å². The molecule has 0 atom stereocenters. The van der Waals surface area contributed by atoms with Gasteiger partial charge in [-0.05, 0) is 35.4 Å². The summed E-state index contributed by atoms with van der Waals surface area (Å²) in [5.74, 6) is 2.39. The van der Waals surface area contributed by atoms with E-state index < -0.39 is 0 Å². The highest BCUT2D eigenvalue weighted by molar-refractivity contribution is 7.98. The van der Waals surface area contributed by atoms with Crippen LogP contribution in [0.2, 0.25) is 5.02 Å². The Morgan fingerprint density at radius 2 is 1.96 bits per heavy atom. The van der Waals surface area contributed by atoms with E-state index in [0.29, 0.717) is 6.54 Å². The first-order valence-electron chi connectivity index (χ1n) is 7.60. The van der Waals surface area contributed by atoms with Crippen LogP contribution < -0.4 is 10.1 Å². The Bertz CT molecular complexity index is 686. The van der Waals surface area contributed by atoms with E-state index in [-0.39, 0.29) is 5.91 Å². The molecule has 0 aliphatic rings. The summed E-state index contributed by atoms with van der Waals surface area (Å²) in [5.41, 5.74) is 2.08. The van der Waals surface area contributed by atoms with Crippen LogP contribution in [0.1, 0.15) is 11.1 Å². The summed E-state index contributed by atoms with van der Waals surface area (Å²) < 4.78 is 5.10. The summed E-state index contributed by atoms with van der Waals surface area (Å²) in [6, 6.07) is 15.4. The molecule has 0 aromatic heterocycles. The molecular formula is C19H20ClNO2S. The number of hydrogen-bond donors (Lipinski definition) is 1. The second-order valence-corrected chi connectivity index (χ2v) is 6.55. The van der Waals surface area contributed by atoms with Gasteiger partial charge in [-0.1, -0.05) is 41.9 Å². The molecule has 3 nitrogen and oxygen atoms in total. The molecule has 1 N–H and O–H groups in total. The lowest BCUT2D eigenvalue weighted by molar-refractivity contribution is -0.116. The number of halogens is 1. The predicted molar refractivity (Wildman–Crippen MR) is 103 cm³/mol. The molecule has 0 fully saturated rings. The first kappa shape index (κ1) is 18.4. The standard InChI is InChI=1S/C19H20ClNO2S/c1-23-17-9-6-15(7-10-17)8-11-19(22)21-12-13-24-14-16-4-2-3-5-18(16)20/h2-11H,12-14H2,1H3,(H,21,22)/b11-8+. The van der Waals surface area contributed by atoms with Crippen molar-refractivity contribution >= 4 is 35.3 Å². The van der Waals surface area contributed by atoms with Gasteiger partial charge in [-0.2, -0.15) is 11.8 Å². The minimum Gasteiger partial charge on any atom is -0.497 e. The highest BCUT2D eigenvalue weighted by atomic mass is 35.5. The zero-order chi connectivity index (χ0) is 17.2. The SMILES string of the molecule is COc1ccc(/C=C/C(=O)NCCSCc2ccccc2Cl)cc1. The number of nitrogens with one attached hydrogen (secondary N) is 1. The maximum absolute atomic E-state index is 11.8. The van der Waals surface area contributed by atoms with Crippen molar-refractivity contribution in [2.45, 2.75) is 5.75 Å². The number of ether oxygens (including phenoxy) is 1. The topological polar surface area (TPSA) is 38.3 Å². The summed E-state index contributed by atoms with van der Waals surface area (Å²) in [6.45, 7) is 0.626. The molecular weight excluding hydrogens is 342 g/mol. The molecule has 1 amide bonds. The summed E-state index contributed by atoms with van der Waals surface area (Å²) in [6.07, 6.45) is 3.33. The van der Waals surface area contributed by atoms with Gasteiger partial charge in [-0.3, -0.25) is 4.79 Å². The van der Waals surface area contributed by atoms with E-state index in [1.807, 2.05) is 48.5 Å². The highest BCUT2D eigenvalue weighted by Gasteiger charge is 2.00. The highest BCUT2D eigenvalue weighted by Crippen LogP contribution is 2.20. The molecule has 24 heavy (non-hydrogen) atoms. The van der Waals surface area contributed by atoms with Crippen molar-refractivity contribution in [1.29, 1.82) is 0 Å². The molecule has 0 saturated heterocycles. The molecule has 0 heterocycles. The molecule has 5 heteroatoms. The van der Waals surface area contributed by atoms with Gasteiger partial charge in [0.05, 0.1) is 7.11 Å². The van der Waals surface area contributed by atoms with E-state index in [4.69, 9.17) is 16.3 Å². The van der Waals surface area contributed by atoms with E-state index in [1.165, 1.54) is 0 Å². The summed E-state index contributed by atoms with van der Waals surface area (Å²) in [7, 11) is 1.63. The van der Waals surface area contributed by atoms with Crippen LogP contribution in [0, 0.1) is 0 Å². The number of methoxy groups -OCH3 is 1. The van der Waals surface area contributed by atoms with E-state index in [0.717, 1.165) is 33.4 Å². The molecule has 2 rings (SSSR count). The van der Waals surface area contributed by atoms with Crippen molar-refractivity contribution in [2.24, 2.45) is 0 Å². The molecule has 0 bridgehead atoms. The van der Waals surface area contributed by atoms with Crippen LogP contribution in [0.25, 0.3) is 6.08 Å². The number of benzene rings is 2. The van der Waals surface area contributed by atoms with Gasteiger partial charge in [-0.25, -0.2) is 0 Å². The lowest BCUT2D eigenvalue weighted by Crippen LogP contribution is -2.23. The molecule has 126 valence electrons. The van der Waals surface area contributed by atoms with E-state index in [2.05, 4.69) is 5.32 Å². The number of carbonyl (C=O) groups is 1. The average molecular weight is 362 g/mol. The van der Waals surface area contributed by atoms with Gasteiger partial charge in [0.1, 0.15) is 5.75 Å². The third-order valence-corrected chi connectivity index (χ3v) is 4.68. The Labute approximate surface area is 152 Å². The molecule has 0 radical (unpaired) electrons. The van der Waals surface area contributed by atoms with Crippen LogP contribution in [0.5, 0.6) is 5.75 Å². The average Bonchev–Trinajstić information content (AvgIpc) is 2.61. The van der Waals surface area contributed by atoms with E-state index in [1.54, 1.807) is 31.0 Å². The number of amides is 1. The molecule has 2 aromatic rings. The first-order valence-corrected chi connectivity index (χ1v) is 9.13. The van der Waals surface area contributed by atoms with Crippen molar-refractivity contribution in [3.8, 4) is 5.75 Å². The predicted octanol–water partition coefficient (Wildman–Crippen LogP) is 4.41. The molecule has 0 aliphatic carbocycles. The minimum absolute atomic E-state index is 0.0934. The zero-order valence-corrected chi connectivity index (χ0v) is 15.1. The monoisotopic (exact) mass is 361 g/mol.